The molecule has 3 atom stereocenters. The number of nitrogens with one attached hydrogen (secondary N) is 1. The highest BCUT2D eigenvalue weighted by Crippen LogP contribution is 2.54. The van der Waals surface area contributed by atoms with Crippen LogP contribution in [0.25, 0.3) is 0 Å². The molecule has 0 bridgehead atoms. The summed E-state index contributed by atoms with van der Waals surface area (Å²) >= 11 is 1.66. The number of hydrogen-bond acceptors (Lipinski definition) is 8. The van der Waals surface area contributed by atoms with Crippen LogP contribution in [0.15, 0.2) is 76.6 Å². The highest BCUT2D eigenvalue weighted by atomic mass is 32.2. The van der Waals surface area contributed by atoms with Gasteiger partial charge in [-0.3, -0.25) is 23.7 Å². The summed E-state index contributed by atoms with van der Waals surface area (Å²) in [6, 6.07) is 13.3. The fourth-order valence-electron chi connectivity index (χ4n) is 5.56. The second-order valence-electron chi connectivity index (χ2n) is 10.4. The molecule has 2 unspecified atom stereocenters. The van der Waals surface area contributed by atoms with E-state index in [-0.39, 0.29) is 34.5 Å². The first kappa shape index (κ1) is 31.4. The van der Waals surface area contributed by atoms with Crippen LogP contribution >= 0.6 is 23.1 Å². The molecule has 0 aliphatic carbocycles. The lowest BCUT2D eigenvalue weighted by Gasteiger charge is -2.31. The standard InChI is InChI=1S/C31H23F4N3O6S2/c1-2-44-21-12-15(6-11-20(21)39)23-24-25(28(42)38(27(24)41)19-5-3-4-16(13-19)31(33,34)35)45-29-26(23)46-30(43)37(29)14-22(40)36-18-9-7-17(32)8-10-18/h3-13,23-25,39H,2,14H2,1H3,(H,36,40)/t23-,24?,25?/m0/s1. The topological polar surface area (TPSA) is 118 Å². The summed E-state index contributed by atoms with van der Waals surface area (Å²) in [4.78, 5) is 54.8. The molecule has 4 aromatic rings. The molecule has 2 aliphatic rings. The van der Waals surface area contributed by atoms with E-state index in [1.54, 1.807) is 6.92 Å². The monoisotopic (exact) mass is 673 g/mol. The third-order valence-corrected chi connectivity index (χ3v) is 10.2. The van der Waals surface area contributed by atoms with Gasteiger partial charge in [0.2, 0.25) is 17.7 Å². The maximum Gasteiger partial charge on any atom is 0.416 e. The molecule has 3 aromatic carbocycles. The number of aromatic hydroxyl groups is 1. The van der Waals surface area contributed by atoms with Gasteiger partial charge in [-0.2, -0.15) is 13.2 Å². The number of carbonyl (C=O) groups excluding carboxylic acids is 3. The molecule has 2 N–H and O–H groups in total. The molecule has 3 amide bonds. The van der Waals surface area contributed by atoms with E-state index in [9.17, 15) is 41.8 Å². The van der Waals surface area contributed by atoms with Crippen molar-refractivity contribution in [2.24, 2.45) is 5.92 Å². The van der Waals surface area contributed by atoms with Gasteiger partial charge in [-0.1, -0.05) is 35.2 Å². The number of carbonyl (C=O) groups is 3. The summed E-state index contributed by atoms with van der Waals surface area (Å²) in [6.07, 6.45) is -4.72. The summed E-state index contributed by atoms with van der Waals surface area (Å²) in [5.74, 6) is -4.84. The number of imide groups is 1. The Morgan fingerprint density at radius 3 is 2.46 bits per heavy atom. The summed E-state index contributed by atoms with van der Waals surface area (Å²) in [6.45, 7) is 1.42. The lowest BCUT2D eigenvalue weighted by Crippen LogP contribution is -2.33. The number of phenolic OH excluding ortho intramolecular Hbond substituents is 1. The number of thiazole rings is 1. The maximum absolute atomic E-state index is 14.0. The molecule has 1 aromatic heterocycles. The molecule has 6 rings (SSSR count). The van der Waals surface area contributed by atoms with Crippen molar-refractivity contribution in [3.8, 4) is 11.5 Å². The molecular weight excluding hydrogens is 650 g/mol. The molecular formula is C31H23F4N3O6S2. The van der Waals surface area contributed by atoms with Crippen LogP contribution < -0.4 is 19.8 Å². The molecule has 46 heavy (non-hydrogen) atoms. The third-order valence-electron chi connectivity index (χ3n) is 7.55. The smallest absolute Gasteiger partial charge is 0.416 e. The van der Waals surface area contributed by atoms with Crippen molar-refractivity contribution in [3.05, 3.63) is 98.2 Å². The van der Waals surface area contributed by atoms with Gasteiger partial charge in [0.05, 0.1) is 28.8 Å². The zero-order chi connectivity index (χ0) is 32.9. The number of thioether (sulfide) groups is 1. The molecule has 3 heterocycles. The number of benzene rings is 3. The molecule has 0 spiro atoms. The van der Waals surface area contributed by atoms with Crippen molar-refractivity contribution in [2.45, 2.75) is 35.8 Å². The molecule has 9 nitrogen and oxygen atoms in total. The van der Waals surface area contributed by atoms with Gasteiger partial charge < -0.3 is 15.2 Å². The lowest BCUT2D eigenvalue weighted by molar-refractivity contribution is -0.137. The van der Waals surface area contributed by atoms with Gasteiger partial charge in [-0.15, -0.1) is 0 Å². The van der Waals surface area contributed by atoms with Gasteiger partial charge in [-0.05, 0) is 67.1 Å². The van der Waals surface area contributed by atoms with Gasteiger partial charge >= 0.3 is 11.0 Å². The number of hydrogen-bond donors (Lipinski definition) is 2. The number of phenols is 1. The van der Waals surface area contributed by atoms with Crippen LogP contribution in [0.3, 0.4) is 0 Å². The fourth-order valence-corrected chi connectivity index (χ4v) is 8.34. The summed E-state index contributed by atoms with van der Waals surface area (Å²) in [5.41, 5.74) is -0.590. The number of aromatic nitrogens is 1. The average molecular weight is 674 g/mol. The molecule has 238 valence electrons. The first-order valence-corrected chi connectivity index (χ1v) is 15.5. The van der Waals surface area contributed by atoms with Gasteiger partial charge in [0, 0.05) is 16.5 Å². The van der Waals surface area contributed by atoms with E-state index in [0.29, 0.717) is 10.4 Å². The van der Waals surface area contributed by atoms with Crippen LogP contribution in [-0.2, 0) is 27.1 Å². The largest absolute Gasteiger partial charge is 0.504 e. The zero-order valence-electron chi connectivity index (χ0n) is 23.7. The molecule has 15 heteroatoms. The second kappa shape index (κ2) is 11.9. The summed E-state index contributed by atoms with van der Waals surface area (Å²) in [5, 5.41) is 12.0. The van der Waals surface area contributed by atoms with Crippen LogP contribution in [-0.4, -0.2) is 39.3 Å². The van der Waals surface area contributed by atoms with E-state index in [1.807, 2.05) is 0 Å². The van der Waals surface area contributed by atoms with Gasteiger partial charge in [0.15, 0.2) is 11.5 Å². The first-order valence-electron chi connectivity index (χ1n) is 13.8. The molecule has 0 saturated carbocycles. The number of fused-ring (bicyclic) bond motifs is 2. The maximum atomic E-state index is 14.0. The van der Waals surface area contributed by atoms with Crippen molar-refractivity contribution in [1.29, 1.82) is 0 Å². The van der Waals surface area contributed by atoms with E-state index in [2.05, 4.69) is 5.32 Å². The van der Waals surface area contributed by atoms with Crippen LogP contribution in [0, 0.1) is 11.7 Å². The fraction of sp³-hybridized carbons (Fsp3) is 0.226. The van der Waals surface area contributed by atoms with Crippen molar-refractivity contribution in [3.63, 3.8) is 0 Å². The predicted molar refractivity (Wildman–Crippen MR) is 162 cm³/mol. The minimum atomic E-state index is -4.72. The quantitative estimate of drug-likeness (QED) is 0.194. The number of rotatable bonds is 7. The Labute approximate surface area is 266 Å². The molecule has 2 aliphatic heterocycles. The number of anilines is 2. The van der Waals surface area contributed by atoms with Gasteiger partial charge in [-0.25, -0.2) is 9.29 Å². The molecule has 0 radical (unpaired) electrons. The summed E-state index contributed by atoms with van der Waals surface area (Å²) < 4.78 is 60.6. The van der Waals surface area contributed by atoms with E-state index >= 15 is 0 Å². The van der Waals surface area contributed by atoms with Crippen molar-refractivity contribution < 1.29 is 41.8 Å². The van der Waals surface area contributed by atoms with E-state index in [1.165, 1.54) is 41.0 Å². The SMILES string of the molecule is CCOc1cc([C@@H]2c3sc(=O)n(CC(=O)Nc4ccc(F)cc4)c3SC3C(=O)N(c4cccc(C(F)(F)F)c4)C(=O)C32)ccc1O. The summed E-state index contributed by atoms with van der Waals surface area (Å²) in [7, 11) is 0. The first-order chi connectivity index (χ1) is 21.9. The number of amides is 3. The Hall–Kier alpha value is -4.63. The highest BCUT2D eigenvalue weighted by Gasteiger charge is 2.57. The van der Waals surface area contributed by atoms with Crippen molar-refractivity contribution in [2.75, 3.05) is 16.8 Å². The normalized spacial score (nSPS) is 19.2. The Kier molecular flexibility index (Phi) is 8.14. The minimum absolute atomic E-state index is 0.0910. The van der Waals surface area contributed by atoms with Crippen LogP contribution in [0.2, 0.25) is 0 Å². The zero-order valence-corrected chi connectivity index (χ0v) is 25.3. The number of nitrogens with zero attached hydrogens (tertiary/aromatic N) is 2. The average Bonchev–Trinajstić information content (AvgIpc) is 3.45. The Balaban J connectivity index is 1.44. The number of alkyl halides is 3. The number of halogens is 4. The van der Waals surface area contributed by atoms with E-state index in [0.717, 1.165) is 58.3 Å². The van der Waals surface area contributed by atoms with Crippen LogP contribution in [0.5, 0.6) is 11.5 Å². The van der Waals surface area contributed by atoms with E-state index in [4.69, 9.17) is 4.74 Å². The van der Waals surface area contributed by atoms with Crippen LogP contribution in [0.1, 0.15) is 28.8 Å². The Morgan fingerprint density at radius 2 is 1.76 bits per heavy atom. The third kappa shape index (κ3) is 5.64. The van der Waals surface area contributed by atoms with E-state index < -0.39 is 63.8 Å². The minimum Gasteiger partial charge on any atom is -0.504 e. The van der Waals surface area contributed by atoms with Gasteiger partial charge in [0.1, 0.15) is 17.6 Å². The van der Waals surface area contributed by atoms with Crippen LogP contribution in [0.4, 0.5) is 28.9 Å². The molecule has 1 saturated heterocycles. The number of ether oxygens (including phenoxy) is 1. The second-order valence-corrected chi connectivity index (χ2v) is 12.6. The lowest BCUT2D eigenvalue weighted by atomic mass is 9.83. The Morgan fingerprint density at radius 1 is 1.02 bits per heavy atom. The van der Waals surface area contributed by atoms with Gasteiger partial charge in [0.25, 0.3) is 0 Å². The predicted octanol–water partition coefficient (Wildman–Crippen LogP) is 5.61. The van der Waals surface area contributed by atoms with Crippen molar-refractivity contribution >= 4 is 52.2 Å². The van der Waals surface area contributed by atoms with Crippen molar-refractivity contribution in [1.82, 2.24) is 4.57 Å². The molecule has 1 fully saturated rings. The highest BCUT2D eigenvalue weighted by molar-refractivity contribution is 8.00. The Bertz CT molecular complexity index is 1920.